The molecule has 1 aliphatic carbocycles. The van der Waals surface area contributed by atoms with Crippen molar-refractivity contribution in [3.8, 4) is 0 Å². The van der Waals surface area contributed by atoms with Crippen molar-refractivity contribution in [3.63, 3.8) is 0 Å². The van der Waals surface area contributed by atoms with E-state index in [4.69, 9.17) is 0 Å². The highest BCUT2D eigenvalue weighted by Gasteiger charge is 2.25. The van der Waals surface area contributed by atoms with Gasteiger partial charge in [-0.25, -0.2) is 4.39 Å². The lowest BCUT2D eigenvalue weighted by molar-refractivity contribution is 0.0782. The second-order valence-corrected chi connectivity index (χ2v) is 6.13. The van der Waals surface area contributed by atoms with Crippen molar-refractivity contribution in [1.82, 2.24) is 15.2 Å². The number of nitrogens with zero attached hydrogens (tertiary/aromatic N) is 1. The van der Waals surface area contributed by atoms with E-state index in [0.717, 1.165) is 12.8 Å². The molecule has 1 aromatic heterocycles. The molecule has 0 bridgehead atoms. The van der Waals surface area contributed by atoms with Crippen molar-refractivity contribution in [2.24, 2.45) is 0 Å². The molecule has 1 aliphatic rings. The SMILES string of the molecule is CN(Cc1ccccc1F)C(=O)c1cc(C(=O)NC2CC2)c[nH]c1=O. The van der Waals surface area contributed by atoms with Gasteiger partial charge in [0.2, 0.25) is 0 Å². The first-order valence-corrected chi connectivity index (χ1v) is 7.98. The number of carbonyl (C=O) groups excluding carboxylic acids is 2. The van der Waals surface area contributed by atoms with Gasteiger partial charge in [-0.2, -0.15) is 0 Å². The maximum absolute atomic E-state index is 13.7. The molecule has 0 aliphatic heterocycles. The molecule has 2 amide bonds. The molecule has 0 atom stereocenters. The zero-order chi connectivity index (χ0) is 18.0. The molecule has 1 saturated carbocycles. The van der Waals surface area contributed by atoms with E-state index in [-0.39, 0.29) is 29.6 Å². The standard InChI is InChI=1S/C18H18FN3O3/c1-22(10-11-4-2-3-5-15(11)19)18(25)14-8-12(9-20-17(14)24)16(23)21-13-6-7-13/h2-5,8-9,13H,6-7,10H2,1H3,(H,20,24)(H,21,23). The second kappa shape index (κ2) is 6.88. The van der Waals surface area contributed by atoms with Crippen LogP contribution in [0.5, 0.6) is 0 Å². The average molecular weight is 343 g/mol. The van der Waals surface area contributed by atoms with Gasteiger partial charge in [-0.3, -0.25) is 14.4 Å². The minimum Gasteiger partial charge on any atom is -0.349 e. The second-order valence-electron chi connectivity index (χ2n) is 6.13. The molecule has 7 heteroatoms. The van der Waals surface area contributed by atoms with E-state index >= 15 is 0 Å². The van der Waals surface area contributed by atoms with Gasteiger partial charge in [0.05, 0.1) is 5.56 Å². The number of nitrogens with one attached hydrogen (secondary N) is 2. The van der Waals surface area contributed by atoms with Crippen LogP contribution in [0.15, 0.2) is 41.3 Å². The summed E-state index contributed by atoms with van der Waals surface area (Å²) >= 11 is 0. The summed E-state index contributed by atoms with van der Waals surface area (Å²) in [6.07, 6.45) is 3.16. The Morgan fingerprint density at radius 1 is 1.32 bits per heavy atom. The van der Waals surface area contributed by atoms with Crippen LogP contribution in [0, 0.1) is 5.82 Å². The van der Waals surface area contributed by atoms with E-state index in [1.54, 1.807) is 18.2 Å². The number of carbonyl (C=O) groups is 2. The molecule has 130 valence electrons. The fraction of sp³-hybridized carbons (Fsp3) is 0.278. The Balaban J connectivity index is 1.79. The maximum atomic E-state index is 13.7. The number of hydrogen-bond donors (Lipinski definition) is 2. The number of amides is 2. The summed E-state index contributed by atoms with van der Waals surface area (Å²) in [5, 5.41) is 2.80. The van der Waals surface area contributed by atoms with Crippen LogP contribution in [0.1, 0.15) is 39.1 Å². The van der Waals surface area contributed by atoms with E-state index in [0.29, 0.717) is 5.56 Å². The molecule has 6 nitrogen and oxygen atoms in total. The number of aromatic nitrogens is 1. The summed E-state index contributed by atoms with van der Waals surface area (Å²) in [6.45, 7) is 0.0173. The van der Waals surface area contributed by atoms with Gasteiger partial charge in [-0.05, 0) is 25.0 Å². The predicted octanol–water partition coefficient (Wildman–Crippen LogP) is 1.68. The molecule has 1 aromatic carbocycles. The summed E-state index contributed by atoms with van der Waals surface area (Å²) < 4.78 is 13.7. The largest absolute Gasteiger partial charge is 0.349 e. The molecule has 3 rings (SSSR count). The molecule has 1 fully saturated rings. The van der Waals surface area contributed by atoms with Crippen molar-refractivity contribution in [2.75, 3.05) is 7.05 Å². The van der Waals surface area contributed by atoms with Crippen molar-refractivity contribution < 1.29 is 14.0 Å². The van der Waals surface area contributed by atoms with Crippen molar-refractivity contribution >= 4 is 11.8 Å². The smallest absolute Gasteiger partial charge is 0.260 e. The Hall–Kier alpha value is -2.96. The Bertz CT molecular complexity index is 874. The highest BCUT2D eigenvalue weighted by Crippen LogP contribution is 2.19. The Kier molecular flexibility index (Phi) is 4.65. The molecule has 0 radical (unpaired) electrons. The Morgan fingerprint density at radius 2 is 2.04 bits per heavy atom. The lowest BCUT2D eigenvalue weighted by Gasteiger charge is -2.17. The molecule has 0 spiro atoms. The molecule has 2 N–H and O–H groups in total. The van der Waals surface area contributed by atoms with Crippen molar-refractivity contribution in [3.05, 3.63) is 69.4 Å². The van der Waals surface area contributed by atoms with E-state index in [9.17, 15) is 18.8 Å². The third kappa shape index (κ3) is 3.93. The number of aromatic amines is 1. The minimum absolute atomic E-state index is 0.0173. The highest BCUT2D eigenvalue weighted by molar-refractivity contribution is 5.99. The predicted molar refractivity (Wildman–Crippen MR) is 89.7 cm³/mol. The number of rotatable bonds is 5. The van der Waals surface area contributed by atoms with Crippen LogP contribution in [0.25, 0.3) is 0 Å². The molecular weight excluding hydrogens is 325 g/mol. The third-order valence-corrected chi connectivity index (χ3v) is 4.02. The summed E-state index contributed by atoms with van der Waals surface area (Å²) in [7, 11) is 1.48. The van der Waals surface area contributed by atoms with Gasteiger partial charge in [0, 0.05) is 31.4 Å². The van der Waals surface area contributed by atoms with Crippen molar-refractivity contribution in [2.45, 2.75) is 25.4 Å². The topological polar surface area (TPSA) is 82.3 Å². The van der Waals surface area contributed by atoms with E-state index in [2.05, 4.69) is 10.3 Å². The first kappa shape index (κ1) is 16.9. The normalized spacial score (nSPS) is 13.4. The van der Waals surface area contributed by atoms with Gasteiger partial charge in [0.1, 0.15) is 11.4 Å². The quantitative estimate of drug-likeness (QED) is 0.866. The number of benzene rings is 1. The van der Waals surface area contributed by atoms with Crippen molar-refractivity contribution in [1.29, 1.82) is 0 Å². The van der Waals surface area contributed by atoms with Crippen LogP contribution in [0.2, 0.25) is 0 Å². The maximum Gasteiger partial charge on any atom is 0.260 e. The van der Waals surface area contributed by atoms with E-state index < -0.39 is 17.3 Å². The van der Waals surface area contributed by atoms with Gasteiger partial charge >= 0.3 is 0 Å². The molecule has 1 heterocycles. The zero-order valence-electron chi connectivity index (χ0n) is 13.7. The van der Waals surface area contributed by atoms with Crippen LogP contribution in [-0.2, 0) is 6.54 Å². The van der Waals surface area contributed by atoms with Crippen LogP contribution in [0.4, 0.5) is 4.39 Å². The first-order valence-electron chi connectivity index (χ1n) is 7.98. The number of pyridine rings is 1. The number of halogens is 1. The lowest BCUT2D eigenvalue weighted by atomic mass is 10.1. The average Bonchev–Trinajstić information content (AvgIpc) is 3.40. The fourth-order valence-electron chi connectivity index (χ4n) is 2.43. The Labute approximate surface area is 143 Å². The van der Waals surface area contributed by atoms with Gasteiger partial charge in [-0.15, -0.1) is 0 Å². The first-order chi connectivity index (χ1) is 12.0. The number of hydrogen-bond acceptors (Lipinski definition) is 3. The van der Waals surface area contributed by atoms with Gasteiger partial charge < -0.3 is 15.2 Å². The molecule has 2 aromatic rings. The van der Waals surface area contributed by atoms with Crippen LogP contribution in [-0.4, -0.2) is 34.8 Å². The summed E-state index contributed by atoms with van der Waals surface area (Å²) in [5.41, 5.74) is -0.179. The van der Waals surface area contributed by atoms with E-state index in [1.807, 2.05) is 0 Å². The lowest BCUT2D eigenvalue weighted by Crippen LogP contribution is -2.33. The van der Waals surface area contributed by atoms with Crippen LogP contribution < -0.4 is 10.9 Å². The summed E-state index contributed by atoms with van der Waals surface area (Å²) in [6, 6.07) is 7.56. The fourth-order valence-corrected chi connectivity index (χ4v) is 2.43. The van der Waals surface area contributed by atoms with Gasteiger partial charge in [-0.1, -0.05) is 18.2 Å². The zero-order valence-corrected chi connectivity index (χ0v) is 13.7. The molecule has 25 heavy (non-hydrogen) atoms. The highest BCUT2D eigenvalue weighted by atomic mass is 19.1. The van der Waals surface area contributed by atoms with Gasteiger partial charge in [0.25, 0.3) is 17.4 Å². The summed E-state index contributed by atoms with van der Waals surface area (Å²) in [4.78, 5) is 40.3. The third-order valence-electron chi connectivity index (χ3n) is 4.02. The van der Waals surface area contributed by atoms with Crippen LogP contribution >= 0.6 is 0 Å². The summed E-state index contributed by atoms with van der Waals surface area (Å²) in [5.74, 6) is -1.33. The Morgan fingerprint density at radius 3 is 2.72 bits per heavy atom. The van der Waals surface area contributed by atoms with Crippen LogP contribution in [0.3, 0.4) is 0 Å². The number of H-pyrrole nitrogens is 1. The molecular formula is C18H18FN3O3. The monoisotopic (exact) mass is 343 g/mol. The van der Waals surface area contributed by atoms with Gasteiger partial charge in [0.15, 0.2) is 0 Å². The van der Waals surface area contributed by atoms with E-state index in [1.165, 1.54) is 30.3 Å². The minimum atomic E-state index is -0.589. The molecule has 0 unspecified atom stereocenters. The molecule has 0 saturated heterocycles.